The summed E-state index contributed by atoms with van der Waals surface area (Å²) < 4.78 is 12.3. The zero-order chi connectivity index (χ0) is 23.1. The Labute approximate surface area is 189 Å². The molecule has 0 saturated heterocycles. The van der Waals surface area contributed by atoms with Crippen molar-refractivity contribution in [3.05, 3.63) is 75.2 Å². The highest BCUT2D eigenvalue weighted by Gasteiger charge is 2.14. The van der Waals surface area contributed by atoms with Gasteiger partial charge in [-0.05, 0) is 50.1 Å². The lowest BCUT2D eigenvalue weighted by Gasteiger charge is -2.15. The predicted octanol–water partition coefficient (Wildman–Crippen LogP) is 5.10. The van der Waals surface area contributed by atoms with Gasteiger partial charge in [-0.1, -0.05) is 6.08 Å². The van der Waals surface area contributed by atoms with Crippen molar-refractivity contribution in [1.82, 2.24) is 5.43 Å². The molecule has 3 aromatic rings. The number of carbonyl (C=O) groups excluding carboxylic acids is 1. The van der Waals surface area contributed by atoms with E-state index in [1.54, 1.807) is 24.3 Å². The molecule has 0 unspecified atom stereocenters. The second-order valence-corrected chi connectivity index (χ2v) is 7.74. The average Bonchev–Trinajstić information content (AvgIpc) is 3.20. The summed E-state index contributed by atoms with van der Waals surface area (Å²) in [5.41, 5.74) is 4.13. The SMILES string of the molecule is C=CCc1cc(C=NNC(=O)c2cc3cc([N+](=O)[O-])ccc3s2)cc(OCC)c1OCC. The minimum Gasteiger partial charge on any atom is -0.490 e. The van der Waals surface area contributed by atoms with E-state index in [2.05, 4.69) is 17.1 Å². The molecule has 1 aromatic heterocycles. The minimum atomic E-state index is -0.463. The van der Waals surface area contributed by atoms with Crippen molar-refractivity contribution in [1.29, 1.82) is 0 Å². The molecule has 9 heteroatoms. The van der Waals surface area contributed by atoms with Gasteiger partial charge in [0.25, 0.3) is 11.6 Å². The molecule has 8 nitrogen and oxygen atoms in total. The highest BCUT2D eigenvalue weighted by molar-refractivity contribution is 7.20. The van der Waals surface area contributed by atoms with Gasteiger partial charge in [-0.15, -0.1) is 17.9 Å². The summed E-state index contributed by atoms with van der Waals surface area (Å²) in [5.74, 6) is 0.884. The first-order valence-corrected chi connectivity index (χ1v) is 10.8. The molecule has 0 aliphatic rings. The Morgan fingerprint density at radius 2 is 2.00 bits per heavy atom. The van der Waals surface area contributed by atoms with Crippen molar-refractivity contribution in [2.45, 2.75) is 20.3 Å². The number of carbonyl (C=O) groups is 1. The lowest BCUT2D eigenvalue weighted by atomic mass is 10.1. The van der Waals surface area contributed by atoms with Crippen LogP contribution in [-0.4, -0.2) is 30.3 Å². The number of non-ortho nitro benzene ring substituents is 1. The van der Waals surface area contributed by atoms with Gasteiger partial charge >= 0.3 is 0 Å². The van der Waals surface area contributed by atoms with Gasteiger partial charge in [0.1, 0.15) is 0 Å². The molecule has 0 fully saturated rings. The molecule has 1 amide bonds. The predicted molar refractivity (Wildman–Crippen MR) is 126 cm³/mol. The van der Waals surface area contributed by atoms with E-state index in [0.717, 1.165) is 15.8 Å². The lowest BCUT2D eigenvalue weighted by molar-refractivity contribution is -0.384. The molecule has 0 atom stereocenters. The molecule has 32 heavy (non-hydrogen) atoms. The number of fused-ring (bicyclic) bond motifs is 1. The van der Waals surface area contributed by atoms with E-state index >= 15 is 0 Å². The van der Waals surface area contributed by atoms with Gasteiger partial charge in [0.15, 0.2) is 11.5 Å². The topological polar surface area (TPSA) is 103 Å². The van der Waals surface area contributed by atoms with Crippen LogP contribution >= 0.6 is 11.3 Å². The zero-order valence-electron chi connectivity index (χ0n) is 17.8. The summed E-state index contributed by atoms with van der Waals surface area (Å²) in [4.78, 5) is 23.4. The van der Waals surface area contributed by atoms with Crippen LogP contribution in [0.1, 0.15) is 34.6 Å². The maximum Gasteiger partial charge on any atom is 0.281 e. The first-order valence-electron chi connectivity index (χ1n) is 10.0. The van der Waals surface area contributed by atoms with Crippen LogP contribution in [0.3, 0.4) is 0 Å². The number of rotatable bonds is 10. The minimum absolute atomic E-state index is 0.0174. The van der Waals surface area contributed by atoms with Gasteiger partial charge in [-0.3, -0.25) is 14.9 Å². The Hall–Kier alpha value is -3.72. The van der Waals surface area contributed by atoms with E-state index in [9.17, 15) is 14.9 Å². The highest BCUT2D eigenvalue weighted by atomic mass is 32.1. The number of hydrogen-bond acceptors (Lipinski definition) is 7. The van der Waals surface area contributed by atoms with Crippen LogP contribution < -0.4 is 14.9 Å². The van der Waals surface area contributed by atoms with Gasteiger partial charge in [-0.25, -0.2) is 5.43 Å². The van der Waals surface area contributed by atoms with Crippen molar-refractivity contribution in [3.63, 3.8) is 0 Å². The lowest BCUT2D eigenvalue weighted by Crippen LogP contribution is -2.16. The van der Waals surface area contributed by atoms with Crippen LogP contribution in [0.4, 0.5) is 5.69 Å². The Morgan fingerprint density at radius 3 is 2.69 bits per heavy atom. The number of ether oxygens (including phenoxy) is 2. The Morgan fingerprint density at radius 1 is 1.22 bits per heavy atom. The number of hydrazone groups is 1. The van der Waals surface area contributed by atoms with Crippen molar-refractivity contribution < 1.29 is 19.2 Å². The number of allylic oxidation sites excluding steroid dienone is 1. The fourth-order valence-electron chi connectivity index (χ4n) is 3.11. The average molecular weight is 454 g/mol. The molecule has 166 valence electrons. The number of nitrogens with one attached hydrogen (secondary N) is 1. The first-order chi connectivity index (χ1) is 15.5. The largest absolute Gasteiger partial charge is 0.490 e. The van der Waals surface area contributed by atoms with Crippen LogP contribution in [-0.2, 0) is 6.42 Å². The van der Waals surface area contributed by atoms with Gasteiger partial charge in [-0.2, -0.15) is 5.10 Å². The molecule has 2 aromatic carbocycles. The molecule has 0 saturated carbocycles. The molecular weight excluding hydrogens is 430 g/mol. The fraction of sp³-hybridized carbons (Fsp3) is 0.217. The second-order valence-electron chi connectivity index (χ2n) is 6.66. The molecule has 0 spiro atoms. The van der Waals surface area contributed by atoms with E-state index in [1.165, 1.54) is 29.7 Å². The summed E-state index contributed by atoms with van der Waals surface area (Å²) in [7, 11) is 0. The fourth-order valence-corrected chi connectivity index (χ4v) is 4.05. The number of nitro benzene ring substituents is 1. The second kappa shape index (κ2) is 10.5. The van der Waals surface area contributed by atoms with Gasteiger partial charge < -0.3 is 9.47 Å². The molecule has 0 radical (unpaired) electrons. The van der Waals surface area contributed by atoms with Crippen molar-refractivity contribution in [2.75, 3.05) is 13.2 Å². The van der Waals surface area contributed by atoms with Crippen LogP contribution in [0.15, 0.2) is 54.2 Å². The molecule has 0 aliphatic heterocycles. The quantitative estimate of drug-likeness (QED) is 0.199. The normalized spacial score (nSPS) is 10.9. The van der Waals surface area contributed by atoms with E-state index in [1.807, 2.05) is 19.9 Å². The third-order valence-corrected chi connectivity index (χ3v) is 5.54. The zero-order valence-corrected chi connectivity index (χ0v) is 18.6. The van der Waals surface area contributed by atoms with Gasteiger partial charge in [0.05, 0.1) is 29.2 Å². The molecule has 0 aliphatic carbocycles. The number of hydrogen-bond donors (Lipinski definition) is 1. The van der Waals surface area contributed by atoms with Crippen LogP contribution in [0.5, 0.6) is 11.5 Å². The number of nitrogens with zero attached hydrogens (tertiary/aromatic N) is 2. The standard InChI is InChI=1S/C23H23N3O5S/c1-4-7-16-10-15(11-19(30-5-2)22(16)31-6-3)14-24-25-23(27)21-13-17-12-18(26(28)29)8-9-20(17)32-21/h4,8-14H,1,5-7H2,2-3H3,(H,25,27). The summed E-state index contributed by atoms with van der Waals surface area (Å²) >= 11 is 1.24. The van der Waals surface area contributed by atoms with E-state index < -0.39 is 10.8 Å². The van der Waals surface area contributed by atoms with Crippen molar-refractivity contribution >= 4 is 39.2 Å². The Kier molecular flexibility index (Phi) is 7.56. The number of benzene rings is 2. The van der Waals surface area contributed by atoms with Crippen molar-refractivity contribution in [2.24, 2.45) is 5.10 Å². The summed E-state index contributed by atoms with van der Waals surface area (Å²) in [5, 5.41) is 15.6. The van der Waals surface area contributed by atoms with Gasteiger partial charge in [0.2, 0.25) is 0 Å². The van der Waals surface area contributed by atoms with Crippen molar-refractivity contribution in [3.8, 4) is 11.5 Å². The summed E-state index contributed by atoms with van der Waals surface area (Å²) in [6, 6.07) is 9.82. The summed E-state index contributed by atoms with van der Waals surface area (Å²) in [6.07, 6.45) is 3.90. The van der Waals surface area contributed by atoms with Crippen LogP contribution in [0.25, 0.3) is 10.1 Å². The number of thiophene rings is 1. The Bertz CT molecular complexity index is 1190. The van der Waals surface area contributed by atoms with Crippen LogP contribution in [0.2, 0.25) is 0 Å². The van der Waals surface area contributed by atoms with E-state index in [4.69, 9.17) is 9.47 Å². The smallest absolute Gasteiger partial charge is 0.281 e. The van der Waals surface area contributed by atoms with Gasteiger partial charge in [0, 0.05) is 27.8 Å². The highest BCUT2D eigenvalue weighted by Crippen LogP contribution is 2.33. The molecule has 1 N–H and O–H groups in total. The molecule has 1 heterocycles. The first kappa shape index (κ1) is 23.0. The number of nitro groups is 1. The van der Waals surface area contributed by atoms with E-state index in [0.29, 0.717) is 41.4 Å². The van der Waals surface area contributed by atoms with Crippen LogP contribution in [0, 0.1) is 10.1 Å². The third-order valence-electron chi connectivity index (χ3n) is 4.42. The number of amides is 1. The van der Waals surface area contributed by atoms with E-state index in [-0.39, 0.29) is 5.69 Å². The molecular formula is C23H23N3O5S. The molecule has 3 rings (SSSR count). The Balaban J connectivity index is 1.80. The summed E-state index contributed by atoms with van der Waals surface area (Å²) in [6.45, 7) is 8.58. The maximum atomic E-state index is 12.5. The third kappa shape index (κ3) is 5.30. The monoisotopic (exact) mass is 453 g/mol. The maximum absolute atomic E-state index is 12.5. The molecule has 0 bridgehead atoms.